The van der Waals surface area contributed by atoms with E-state index in [9.17, 15) is 13.6 Å². The van der Waals surface area contributed by atoms with Gasteiger partial charge in [-0.25, -0.2) is 8.78 Å². The minimum Gasteiger partial charge on any atom is -0.316 e. The largest absolute Gasteiger partial charge is 0.316 e. The van der Waals surface area contributed by atoms with Crippen LogP contribution in [-0.4, -0.2) is 18.9 Å². The second-order valence-corrected chi connectivity index (χ2v) is 4.20. The molecule has 0 saturated carbocycles. The topological polar surface area (TPSA) is 29.1 Å². The number of benzene rings is 1. The highest BCUT2D eigenvalue weighted by Gasteiger charge is 2.32. The Balaban J connectivity index is 2.33. The van der Waals surface area contributed by atoms with Gasteiger partial charge in [0.2, 0.25) is 0 Å². The van der Waals surface area contributed by atoms with Gasteiger partial charge in [0.15, 0.2) is 5.78 Å². The molecule has 1 heterocycles. The van der Waals surface area contributed by atoms with Crippen molar-refractivity contribution in [2.24, 2.45) is 11.8 Å². The number of carbonyl (C=O) groups excluding carboxylic acids is 1. The summed E-state index contributed by atoms with van der Waals surface area (Å²) in [4.78, 5) is 12.0. The van der Waals surface area contributed by atoms with Crippen LogP contribution in [-0.2, 0) is 0 Å². The van der Waals surface area contributed by atoms with E-state index < -0.39 is 23.0 Å². The quantitative estimate of drug-likeness (QED) is 0.780. The van der Waals surface area contributed by atoms with Crippen LogP contribution >= 0.6 is 0 Å². The number of Topliss-reactive ketones (excluding diaryl/α,β-unsaturated/α-hetero) is 1. The molecule has 0 spiro atoms. The summed E-state index contributed by atoms with van der Waals surface area (Å²) >= 11 is 0. The minimum atomic E-state index is -0.774. The maximum Gasteiger partial charge on any atom is 0.173 e. The maximum atomic E-state index is 13.4. The molecule has 0 aliphatic carbocycles. The van der Waals surface area contributed by atoms with Gasteiger partial charge in [-0.15, -0.1) is 0 Å². The third kappa shape index (κ3) is 1.85. The van der Waals surface area contributed by atoms with Gasteiger partial charge >= 0.3 is 0 Å². The number of nitrogens with one attached hydrogen (secondary N) is 1. The fourth-order valence-electron chi connectivity index (χ4n) is 2.08. The van der Waals surface area contributed by atoms with Gasteiger partial charge in [-0.1, -0.05) is 13.0 Å². The van der Waals surface area contributed by atoms with Crippen LogP contribution in [0.5, 0.6) is 0 Å². The molecular formula is C12H13F2NO. The molecule has 4 heteroatoms. The molecule has 1 aromatic rings. The molecule has 1 saturated heterocycles. The van der Waals surface area contributed by atoms with E-state index in [1.807, 2.05) is 6.92 Å². The highest BCUT2D eigenvalue weighted by molar-refractivity contribution is 5.98. The van der Waals surface area contributed by atoms with Crippen LogP contribution in [0.4, 0.5) is 8.78 Å². The fraction of sp³-hybridized carbons (Fsp3) is 0.417. The van der Waals surface area contributed by atoms with Crippen molar-refractivity contribution < 1.29 is 13.6 Å². The highest BCUT2D eigenvalue weighted by Crippen LogP contribution is 2.24. The minimum absolute atomic E-state index is 0.117. The van der Waals surface area contributed by atoms with Crippen molar-refractivity contribution in [2.45, 2.75) is 6.92 Å². The van der Waals surface area contributed by atoms with E-state index in [1.54, 1.807) is 0 Å². The van der Waals surface area contributed by atoms with Crippen LogP contribution in [0, 0.1) is 23.5 Å². The van der Waals surface area contributed by atoms with E-state index in [1.165, 1.54) is 6.07 Å². The van der Waals surface area contributed by atoms with Crippen LogP contribution < -0.4 is 5.32 Å². The van der Waals surface area contributed by atoms with Crippen molar-refractivity contribution in [1.29, 1.82) is 0 Å². The van der Waals surface area contributed by atoms with Gasteiger partial charge in [0, 0.05) is 12.5 Å². The number of ketones is 1. The number of hydrogen-bond donors (Lipinski definition) is 1. The van der Waals surface area contributed by atoms with Crippen LogP contribution in [0.3, 0.4) is 0 Å². The maximum absolute atomic E-state index is 13.4. The van der Waals surface area contributed by atoms with Gasteiger partial charge in [0.1, 0.15) is 11.6 Å². The highest BCUT2D eigenvalue weighted by atomic mass is 19.1. The van der Waals surface area contributed by atoms with E-state index in [4.69, 9.17) is 0 Å². The first kappa shape index (κ1) is 11.2. The molecule has 16 heavy (non-hydrogen) atoms. The smallest absolute Gasteiger partial charge is 0.173 e. The lowest BCUT2D eigenvalue weighted by atomic mass is 9.89. The lowest BCUT2D eigenvalue weighted by molar-refractivity contribution is 0.0899. The molecule has 1 aliphatic heterocycles. The number of halogens is 2. The van der Waals surface area contributed by atoms with Crippen LogP contribution in [0.15, 0.2) is 18.2 Å². The molecule has 0 bridgehead atoms. The third-order valence-electron chi connectivity index (χ3n) is 3.06. The summed E-state index contributed by atoms with van der Waals surface area (Å²) in [5, 5.41) is 3.05. The van der Waals surface area contributed by atoms with Crippen molar-refractivity contribution >= 4 is 5.78 Å². The molecule has 0 radical (unpaired) electrons. The molecule has 86 valence electrons. The summed E-state index contributed by atoms with van der Waals surface area (Å²) in [5.41, 5.74) is -0.400. The Morgan fingerprint density at radius 3 is 2.44 bits per heavy atom. The first-order valence-electron chi connectivity index (χ1n) is 5.30. The van der Waals surface area contributed by atoms with Crippen molar-refractivity contribution in [1.82, 2.24) is 5.32 Å². The van der Waals surface area contributed by atoms with Crippen molar-refractivity contribution in [3.05, 3.63) is 35.4 Å². The monoisotopic (exact) mass is 225 g/mol. The zero-order chi connectivity index (χ0) is 11.7. The molecule has 1 aromatic carbocycles. The van der Waals surface area contributed by atoms with E-state index in [0.717, 1.165) is 12.1 Å². The summed E-state index contributed by atoms with van der Waals surface area (Å²) in [6.07, 6.45) is 0. The normalized spacial score (nSPS) is 24.7. The first-order chi connectivity index (χ1) is 7.61. The molecule has 1 aliphatic rings. The summed E-state index contributed by atoms with van der Waals surface area (Å²) < 4.78 is 26.8. The average molecular weight is 225 g/mol. The zero-order valence-corrected chi connectivity index (χ0v) is 8.97. The Morgan fingerprint density at radius 2 is 1.94 bits per heavy atom. The summed E-state index contributed by atoms with van der Waals surface area (Å²) in [5.74, 6) is -2.20. The van der Waals surface area contributed by atoms with Gasteiger partial charge in [-0.3, -0.25) is 4.79 Å². The standard InChI is InChI=1S/C12H13F2NO/c1-7-5-15-6-8(7)12(16)11-9(13)3-2-4-10(11)14/h2-4,7-8,15H,5-6H2,1H3. The summed E-state index contributed by atoms with van der Waals surface area (Å²) in [7, 11) is 0. The zero-order valence-electron chi connectivity index (χ0n) is 8.97. The van der Waals surface area contributed by atoms with E-state index in [0.29, 0.717) is 13.1 Å². The predicted molar refractivity (Wildman–Crippen MR) is 56.2 cm³/mol. The molecule has 2 atom stereocenters. The number of carbonyl (C=O) groups is 1. The van der Waals surface area contributed by atoms with Crippen LogP contribution in [0.25, 0.3) is 0 Å². The van der Waals surface area contributed by atoms with Crippen molar-refractivity contribution in [3.8, 4) is 0 Å². The Morgan fingerprint density at radius 1 is 1.31 bits per heavy atom. The van der Waals surface area contributed by atoms with Gasteiger partial charge in [0.05, 0.1) is 5.56 Å². The summed E-state index contributed by atoms with van der Waals surface area (Å²) in [6.45, 7) is 3.11. The second kappa shape index (κ2) is 4.29. The Bertz CT molecular complexity index is 399. The van der Waals surface area contributed by atoms with E-state index in [2.05, 4.69) is 5.32 Å². The van der Waals surface area contributed by atoms with Crippen molar-refractivity contribution in [2.75, 3.05) is 13.1 Å². The number of rotatable bonds is 2. The van der Waals surface area contributed by atoms with Gasteiger partial charge < -0.3 is 5.32 Å². The molecule has 0 aromatic heterocycles. The van der Waals surface area contributed by atoms with E-state index >= 15 is 0 Å². The molecule has 2 nitrogen and oxygen atoms in total. The molecule has 1 N–H and O–H groups in total. The van der Waals surface area contributed by atoms with Gasteiger partial charge in [-0.2, -0.15) is 0 Å². The molecule has 1 fully saturated rings. The predicted octanol–water partition coefficient (Wildman–Crippen LogP) is 2.00. The first-order valence-corrected chi connectivity index (χ1v) is 5.30. The second-order valence-electron chi connectivity index (χ2n) is 4.20. The lowest BCUT2D eigenvalue weighted by Gasteiger charge is -2.13. The molecular weight excluding hydrogens is 212 g/mol. The Kier molecular flexibility index (Phi) is 3.01. The third-order valence-corrected chi connectivity index (χ3v) is 3.06. The van der Waals surface area contributed by atoms with Crippen molar-refractivity contribution in [3.63, 3.8) is 0 Å². The molecule has 2 unspecified atom stereocenters. The molecule has 2 rings (SSSR count). The van der Waals surface area contributed by atoms with Gasteiger partial charge in [0.25, 0.3) is 0 Å². The SMILES string of the molecule is CC1CNCC1C(=O)c1c(F)cccc1F. The number of hydrogen-bond acceptors (Lipinski definition) is 2. The lowest BCUT2D eigenvalue weighted by Crippen LogP contribution is -2.23. The fourth-order valence-corrected chi connectivity index (χ4v) is 2.08. The van der Waals surface area contributed by atoms with Gasteiger partial charge in [-0.05, 0) is 24.6 Å². The molecule has 0 amide bonds. The van der Waals surface area contributed by atoms with Crippen LogP contribution in [0.2, 0.25) is 0 Å². The summed E-state index contributed by atoms with van der Waals surface area (Å²) in [6, 6.07) is 3.49. The van der Waals surface area contributed by atoms with Crippen LogP contribution in [0.1, 0.15) is 17.3 Å². The van der Waals surface area contributed by atoms with E-state index in [-0.39, 0.29) is 11.8 Å². The average Bonchev–Trinajstić information content (AvgIpc) is 2.64. The Labute approximate surface area is 92.7 Å². The Hall–Kier alpha value is -1.29.